The third-order valence-corrected chi connectivity index (χ3v) is 1.77. The molecular formula is C7H12N2O4. The summed E-state index contributed by atoms with van der Waals surface area (Å²) >= 11 is 0. The van der Waals surface area contributed by atoms with Gasteiger partial charge in [-0.15, -0.1) is 0 Å². The first-order valence-electron chi connectivity index (χ1n) is 3.97. The third-order valence-electron chi connectivity index (χ3n) is 1.77. The number of rotatable bonds is 5. The maximum Gasteiger partial charge on any atom is 0.405 e. The van der Waals surface area contributed by atoms with Crippen LogP contribution >= 0.6 is 0 Å². The Hall–Kier alpha value is -1.30. The lowest BCUT2D eigenvalue weighted by Crippen LogP contribution is -2.35. The van der Waals surface area contributed by atoms with Crippen LogP contribution in [0, 0.1) is 0 Å². The molecule has 0 unspecified atom stereocenters. The van der Waals surface area contributed by atoms with Crippen molar-refractivity contribution in [2.24, 2.45) is 5.73 Å². The molecule has 0 aromatic heterocycles. The van der Waals surface area contributed by atoms with Crippen LogP contribution in [0.5, 0.6) is 0 Å². The molecule has 0 aromatic carbocycles. The fourth-order valence-electron chi connectivity index (χ4n) is 1.04. The molecule has 0 radical (unpaired) electrons. The fraction of sp³-hybridized carbons (Fsp3) is 0.714. The molecule has 0 bridgehead atoms. The van der Waals surface area contributed by atoms with E-state index in [1.165, 1.54) is 0 Å². The highest BCUT2D eigenvalue weighted by Crippen LogP contribution is 2.26. The van der Waals surface area contributed by atoms with Gasteiger partial charge in [-0.25, -0.2) is 4.79 Å². The summed E-state index contributed by atoms with van der Waals surface area (Å²) in [6.07, 6.45) is 1.03. The second kappa shape index (κ2) is 4.08. The molecule has 74 valence electrons. The van der Waals surface area contributed by atoms with Crippen molar-refractivity contribution in [2.45, 2.75) is 18.9 Å². The molecule has 0 atom stereocenters. The van der Waals surface area contributed by atoms with E-state index >= 15 is 0 Å². The molecule has 6 heteroatoms. The number of carbonyl (C=O) groups is 2. The number of amides is 1. The van der Waals surface area contributed by atoms with Gasteiger partial charge in [0.05, 0.1) is 6.54 Å². The Kier molecular flexibility index (Phi) is 3.07. The Balaban J connectivity index is 2.29. The van der Waals surface area contributed by atoms with Crippen molar-refractivity contribution in [3.63, 3.8) is 0 Å². The summed E-state index contributed by atoms with van der Waals surface area (Å²) in [6.45, 7) is -0.149. The second-order valence-corrected chi connectivity index (χ2v) is 2.96. The molecular weight excluding hydrogens is 176 g/mol. The topological polar surface area (TPSA) is 92.9 Å². The molecule has 13 heavy (non-hydrogen) atoms. The van der Waals surface area contributed by atoms with Crippen LogP contribution in [-0.2, 0) is 9.53 Å². The minimum atomic E-state index is -0.931. The molecule has 1 aliphatic carbocycles. The van der Waals surface area contributed by atoms with Crippen LogP contribution in [0.1, 0.15) is 12.8 Å². The van der Waals surface area contributed by atoms with E-state index in [4.69, 9.17) is 10.8 Å². The Labute approximate surface area is 75.3 Å². The first-order chi connectivity index (χ1) is 6.09. The number of carbonyl (C=O) groups excluding carboxylic acids is 1. The monoisotopic (exact) mass is 188 g/mol. The van der Waals surface area contributed by atoms with Gasteiger partial charge >= 0.3 is 12.1 Å². The number of hydrogen-bond donors (Lipinski definition) is 2. The average Bonchev–Trinajstić information content (AvgIpc) is 2.78. The Morgan fingerprint density at radius 2 is 2.15 bits per heavy atom. The van der Waals surface area contributed by atoms with Crippen molar-refractivity contribution in [1.82, 2.24) is 4.90 Å². The lowest BCUT2D eigenvalue weighted by atomic mass is 10.5. The molecule has 0 aliphatic heterocycles. The van der Waals surface area contributed by atoms with E-state index in [-0.39, 0.29) is 19.3 Å². The van der Waals surface area contributed by atoms with Gasteiger partial charge in [0.15, 0.2) is 0 Å². The molecule has 3 N–H and O–H groups in total. The quantitative estimate of drug-likeness (QED) is 0.572. The number of hydrogen-bond acceptors (Lipinski definition) is 4. The normalized spacial score (nSPS) is 15.8. The number of nitrogens with zero attached hydrogens (tertiary/aromatic N) is 1. The molecule has 0 heterocycles. The van der Waals surface area contributed by atoms with Crippen molar-refractivity contribution in [3.8, 4) is 0 Å². The van der Waals surface area contributed by atoms with Crippen molar-refractivity contribution >= 4 is 12.1 Å². The van der Waals surface area contributed by atoms with E-state index in [9.17, 15) is 9.59 Å². The maximum absolute atomic E-state index is 10.4. The number of carboxylic acid groups (broad SMARTS) is 1. The van der Waals surface area contributed by atoms with Crippen LogP contribution in [-0.4, -0.2) is 41.4 Å². The SMILES string of the molecule is NC(=O)OCN(CC(=O)O)C1CC1. The summed E-state index contributed by atoms with van der Waals surface area (Å²) in [5, 5.41) is 8.51. The lowest BCUT2D eigenvalue weighted by Gasteiger charge is -2.18. The minimum Gasteiger partial charge on any atom is -0.480 e. The van der Waals surface area contributed by atoms with Gasteiger partial charge < -0.3 is 15.6 Å². The van der Waals surface area contributed by atoms with E-state index < -0.39 is 12.1 Å². The van der Waals surface area contributed by atoms with Crippen LogP contribution in [0.2, 0.25) is 0 Å². The van der Waals surface area contributed by atoms with Gasteiger partial charge in [0, 0.05) is 6.04 Å². The van der Waals surface area contributed by atoms with Crippen molar-refractivity contribution < 1.29 is 19.4 Å². The van der Waals surface area contributed by atoms with Crippen LogP contribution in [0.4, 0.5) is 4.79 Å². The zero-order valence-corrected chi connectivity index (χ0v) is 7.10. The second-order valence-electron chi connectivity index (χ2n) is 2.96. The van der Waals surface area contributed by atoms with E-state index in [1.54, 1.807) is 4.90 Å². The highest BCUT2D eigenvalue weighted by molar-refractivity contribution is 5.69. The smallest absolute Gasteiger partial charge is 0.405 e. The van der Waals surface area contributed by atoms with Gasteiger partial charge in [0.2, 0.25) is 0 Å². The lowest BCUT2D eigenvalue weighted by molar-refractivity contribution is -0.139. The highest BCUT2D eigenvalue weighted by Gasteiger charge is 2.30. The van der Waals surface area contributed by atoms with Crippen molar-refractivity contribution in [2.75, 3.05) is 13.3 Å². The largest absolute Gasteiger partial charge is 0.480 e. The zero-order chi connectivity index (χ0) is 9.84. The van der Waals surface area contributed by atoms with E-state index in [2.05, 4.69) is 4.74 Å². The van der Waals surface area contributed by atoms with E-state index in [1.807, 2.05) is 0 Å². The summed E-state index contributed by atoms with van der Waals surface area (Å²) in [7, 11) is 0. The maximum atomic E-state index is 10.4. The van der Waals surface area contributed by atoms with Gasteiger partial charge in [0.1, 0.15) is 6.73 Å². The summed E-state index contributed by atoms with van der Waals surface area (Å²) in [5.41, 5.74) is 4.76. The molecule has 1 rings (SSSR count). The Bertz CT molecular complexity index is 215. The summed E-state index contributed by atoms with van der Waals surface area (Å²) in [5.74, 6) is -0.931. The van der Waals surface area contributed by atoms with Gasteiger partial charge in [0.25, 0.3) is 0 Å². The fourth-order valence-corrected chi connectivity index (χ4v) is 1.04. The van der Waals surface area contributed by atoms with Gasteiger partial charge in [-0.1, -0.05) is 0 Å². The zero-order valence-electron chi connectivity index (χ0n) is 7.10. The first kappa shape index (κ1) is 9.79. The van der Waals surface area contributed by atoms with E-state index in [0.717, 1.165) is 12.8 Å². The number of nitrogens with two attached hydrogens (primary N) is 1. The van der Waals surface area contributed by atoms with Crippen LogP contribution in [0.15, 0.2) is 0 Å². The standard InChI is InChI=1S/C7H12N2O4/c8-7(12)13-4-9(3-6(10)11)5-1-2-5/h5H,1-4H2,(H2,8,12)(H,10,11). The third kappa shape index (κ3) is 3.75. The molecule has 6 nitrogen and oxygen atoms in total. The summed E-state index contributed by atoms with van der Waals surface area (Å²) < 4.78 is 4.51. The Morgan fingerprint density at radius 3 is 2.54 bits per heavy atom. The Morgan fingerprint density at radius 1 is 1.54 bits per heavy atom. The van der Waals surface area contributed by atoms with Gasteiger partial charge in [-0.2, -0.15) is 0 Å². The molecule has 1 aliphatic rings. The first-order valence-corrected chi connectivity index (χ1v) is 3.97. The predicted molar refractivity (Wildman–Crippen MR) is 42.9 cm³/mol. The highest BCUT2D eigenvalue weighted by atomic mass is 16.6. The van der Waals surface area contributed by atoms with Crippen LogP contribution in [0.25, 0.3) is 0 Å². The molecule has 0 saturated heterocycles. The number of carboxylic acids is 1. The van der Waals surface area contributed by atoms with Crippen LogP contribution in [0.3, 0.4) is 0 Å². The summed E-state index contributed by atoms with van der Waals surface area (Å²) in [4.78, 5) is 22.2. The molecule has 1 saturated carbocycles. The molecule has 1 fully saturated rings. The van der Waals surface area contributed by atoms with E-state index in [0.29, 0.717) is 0 Å². The van der Waals surface area contributed by atoms with Crippen molar-refractivity contribution in [3.05, 3.63) is 0 Å². The van der Waals surface area contributed by atoms with Crippen LogP contribution < -0.4 is 5.73 Å². The average molecular weight is 188 g/mol. The number of primary amides is 1. The molecule has 0 aromatic rings. The van der Waals surface area contributed by atoms with Gasteiger partial charge in [-0.3, -0.25) is 9.69 Å². The molecule has 0 spiro atoms. The predicted octanol–water partition coefficient (Wildman–Crippen LogP) is -0.412. The number of aliphatic carboxylic acids is 1. The minimum absolute atomic E-state index is 0.0354. The summed E-state index contributed by atoms with van der Waals surface area (Å²) in [6, 6.07) is 0.232. The molecule has 1 amide bonds. The van der Waals surface area contributed by atoms with Gasteiger partial charge in [-0.05, 0) is 12.8 Å². The number of ether oxygens (including phenoxy) is 1. The van der Waals surface area contributed by atoms with Crippen molar-refractivity contribution in [1.29, 1.82) is 0 Å².